The molecule has 1 aliphatic heterocycles. The van der Waals surface area contributed by atoms with Gasteiger partial charge in [-0.2, -0.15) is 0 Å². The van der Waals surface area contributed by atoms with Crippen molar-refractivity contribution in [2.24, 2.45) is 0 Å². The minimum atomic E-state index is -3.24. The van der Waals surface area contributed by atoms with Gasteiger partial charge >= 0.3 is 0 Å². The van der Waals surface area contributed by atoms with Crippen LogP contribution < -0.4 is 10.0 Å². The number of furan rings is 1. The van der Waals surface area contributed by atoms with E-state index < -0.39 is 10.0 Å². The van der Waals surface area contributed by atoms with Crippen LogP contribution in [0, 0.1) is 6.92 Å². The topological polar surface area (TPSA) is 71.3 Å². The fourth-order valence-electron chi connectivity index (χ4n) is 1.95. The molecule has 6 heteroatoms. The third-order valence-corrected chi connectivity index (χ3v) is 4.76. The Balaban J connectivity index is 1.92. The Hall–Kier alpha value is -0.850. The molecule has 1 unspecified atom stereocenters. The third-order valence-electron chi connectivity index (χ3n) is 2.93. The Labute approximate surface area is 102 Å². The Morgan fingerprint density at radius 2 is 2.35 bits per heavy atom. The van der Waals surface area contributed by atoms with E-state index in [4.69, 9.17) is 4.42 Å². The quantitative estimate of drug-likeness (QED) is 0.836. The second-order valence-corrected chi connectivity index (χ2v) is 6.39. The molecule has 2 heterocycles. The van der Waals surface area contributed by atoms with E-state index in [1.54, 1.807) is 6.07 Å². The van der Waals surface area contributed by atoms with E-state index in [0.29, 0.717) is 12.3 Å². The zero-order valence-corrected chi connectivity index (χ0v) is 10.7. The molecule has 96 valence electrons. The van der Waals surface area contributed by atoms with Crippen molar-refractivity contribution in [3.8, 4) is 0 Å². The van der Waals surface area contributed by atoms with Gasteiger partial charge in [0.1, 0.15) is 11.5 Å². The monoisotopic (exact) mass is 258 g/mol. The van der Waals surface area contributed by atoms with Gasteiger partial charge in [-0.05, 0) is 38.4 Å². The largest absolute Gasteiger partial charge is 0.465 e. The molecular formula is C11H18N2O3S. The molecule has 2 N–H and O–H groups in total. The first kappa shape index (κ1) is 12.6. The summed E-state index contributed by atoms with van der Waals surface area (Å²) in [5.74, 6) is 1.44. The molecule has 1 atom stereocenters. The molecule has 0 aliphatic carbocycles. The van der Waals surface area contributed by atoms with Gasteiger partial charge in [-0.3, -0.25) is 0 Å². The van der Waals surface area contributed by atoms with Crippen molar-refractivity contribution in [1.82, 2.24) is 10.0 Å². The molecule has 1 saturated heterocycles. The summed E-state index contributed by atoms with van der Waals surface area (Å²) >= 11 is 0. The minimum Gasteiger partial charge on any atom is -0.465 e. The molecule has 5 nitrogen and oxygen atoms in total. The Bertz CT molecular complexity index is 461. The van der Waals surface area contributed by atoms with E-state index in [9.17, 15) is 8.42 Å². The highest BCUT2D eigenvalue weighted by Crippen LogP contribution is 2.12. The molecule has 0 spiro atoms. The van der Waals surface area contributed by atoms with Gasteiger partial charge < -0.3 is 9.73 Å². The molecule has 0 aromatic carbocycles. The van der Waals surface area contributed by atoms with E-state index >= 15 is 0 Å². The second-order valence-electron chi connectivity index (χ2n) is 4.35. The molecular weight excluding hydrogens is 240 g/mol. The van der Waals surface area contributed by atoms with Crippen molar-refractivity contribution in [3.05, 3.63) is 23.7 Å². The maximum atomic E-state index is 12.0. The van der Waals surface area contributed by atoms with Crippen molar-refractivity contribution >= 4 is 10.0 Å². The molecule has 1 aliphatic rings. The van der Waals surface area contributed by atoms with Crippen molar-refractivity contribution in [2.75, 3.05) is 13.1 Å². The lowest BCUT2D eigenvalue weighted by Gasteiger charge is -2.22. The minimum absolute atomic E-state index is 0.229. The fourth-order valence-corrected chi connectivity index (χ4v) is 3.35. The second kappa shape index (κ2) is 5.20. The number of sulfonamides is 1. The number of rotatable bonds is 4. The summed E-state index contributed by atoms with van der Waals surface area (Å²) < 4.78 is 31.9. The Morgan fingerprint density at radius 3 is 2.94 bits per heavy atom. The summed E-state index contributed by atoms with van der Waals surface area (Å²) in [6.07, 6.45) is 1.63. The summed E-state index contributed by atoms with van der Waals surface area (Å²) in [6.45, 7) is 3.51. The molecule has 17 heavy (non-hydrogen) atoms. The van der Waals surface area contributed by atoms with E-state index in [1.807, 2.05) is 13.0 Å². The van der Waals surface area contributed by atoms with Crippen LogP contribution in [0.3, 0.4) is 0 Å². The van der Waals surface area contributed by atoms with Crippen molar-refractivity contribution < 1.29 is 12.8 Å². The van der Waals surface area contributed by atoms with Crippen molar-refractivity contribution in [2.45, 2.75) is 31.6 Å². The number of hydrogen-bond acceptors (Lipinski definition) is 4. The highest BCUT2D eigenvalue weighted by atomic mass is 32.2. The van der Waals surface area contributed by atoms with Crippen LogP contribution in [0.4, 0.5) is 0 Å². The molecule has 0 saturated carbocycles. The number of piperidine rings is 1. The zero-order chi connectivity index (χ0) is 12.3. The highest BCUT2D eigenvalue weighted by molar-refractivity contribution is 7.90. The molecule has 2 rings (SSSR count). The van der Waals surface area contributed by atoms with Crippen LogP contribution in [0.1, 0.15) is 24.4 Å². The summed E-state index contributed by atoms with van der Waals surface area (Å²) in [7, 11) is -3.24. The van der Waals surface area contributed by atoms with Gasteiger partial charge in [0, 0.05) is 6.54 Å². The predicted molar refractivity (Wildman–Crippen MR) is 65.1 cm³/mol. The number of nitrogens with one attached hydrogen (secondary N) is 2. The average molecular weight is 258 g/mol. The first-order valence-electron chi connectivity index (χ1n) is 5.82. The number of aryl methyl sites for hydroxylation is 1. The summed E-state index contributed by atoms with van der Waals surface area (Å²) in [5.41, 5.74) is 0. The average Bonchev–Trinajstić information content (AvgIpc) is 2.74. The van der Waals surface area contributed by atoms with Crippen LogP contribution in [0.2, 0.25) is 0 Å². The van der Waals surface area contributed by atoms with E-state index in [2.05, 4.69) is 10.0 Å². The standard InChI is InChI=1S/C11H18N2O3S/c1-9-4-5-10(16-9)7-13-17(14,15)11-3-2-6-12-8-11/h4-5,11-13H,2-3,6-8H2,1H3. The van der Waals surface area contributed by atoms with Crippen LogP contribution in [0.5, 0.6) is 0 Å². The molecule has 0 bridgehead atoms. The van der Waals surface area contributed by atoms with Crippen molar-refractivity contribution in [3.63, 3.8) is 0 Å². The number of hydrogen-bond donors (Lipinski definition) is 2. The maximum Gasteiger partial charge on any atom is 0.216 e. The van der Waals surface area contributed by atoms with Crippen LogP contribution in [-0.4, -0.2) is 26.8 Å². The normalized spacial score (nSPS) is 21.6. The van der Waals surface area contributed by atoms with E-state index in [-0.39, 0.29) is 11.8 Å². The van der Waals surface area contributed by atoms with Gasteiger partial charge in [0.05, 0.1) is 11.8 Å². The molecule has 0 amide bonds. The molecule has 1 aromatic rings. The fraction of sp³-hybridized carbons (Fsp3) is 0.636. The first-order chi connectivity index (χ1) is 8.08. The smallest absolute Gasteiger partial charge is 0.216 e. The molecule has 1 fully saturated rings. The van der Waals surface area contributed by atoms with Gasteiger partial charge in [0.25, 0.3) is 0 Å². The van der Waals surface area contributed by atoms with Crippen LogP contribution >= 0.6 is 0 Å². The summed E-state index contributed by atoms with van der Waals surface area (Å²) in [4.78, 5) is 0. The summed E-state index contributed by atoms with van der Waals surface area (Å²) in [5, 5.41) is 2.77. The molecule has 1 aromatic heterocycles. The first-order valence-corrected chi connectivity index (χ1v) is 7.37. The van der Waals surface area contributed by atoms with Gasteiger partial charge in [-0.25, -0.2) is 13.1 Å². The summed E-state index contributed by atoms with van der Waals surface area (Å²) in [6, 6.07) is 3.61. The van der Waals surface area contributed by atoms with Crippen LogP contribution in [-0.2, 0) is 16.6 Å². The molecule has 0 radical (unpaired) electrons. The van der Waals surface area contributed by atoms with Gasteiger partial charge in [0.15, 0.2) is 0 Å². The third kappa shape index (κ3) is 3.31. The lowest BCUT2D eigenvalue weighted by atomic mass is 10.2. The highest BCUT2D eigenvalue weighted by Gasteiger charge is 2.26. The van der Waals surface area contributed by atoms with Gasteiger partial charge in [-0.1, -0.05) is 0 Å². The van der Waals surface area contributed by atoms with Gasteiger partial charge in [-0.15, -0.1) is 0 Å². The Kier molecular flexibility index (Phi) is 3.86. The van der Waals surface area contributed by atoms with Crippen molar-refractivity contribution in [1.29, 1.82) is 0 Å². The lowest BCUT2D eigenvalue weighted by Crippen LogP contribution is -2.43. The maximum absolute atomic E-state index is 12.0. The van der Waals surface area contributed by atoms with E-state index in [0.717, 1.165) is 25.1 Å². The Morgan fingerprint density at radius 1 is 1.53 bits per heavy atom. The van der Waals surface area contributed by atoms with Crippen LogP contribution in [0.15, 0.2) is 16.5 Å². The lowest BCUT2D eigenvalue weighted by molar-refractivity contribution is 0.465. The van der Waals surface area contributed by atoms with Gasteiger partial charge in [0.2, 0.25) is 10.0 Å². The SMILES string of the molecule is Cc1ccc(CNS(=O)(=O)C2CCCNC2)o1. The van der Waals surface area contributed by atoms with Crippen LogP contribution in [0.25, 0.3) is 0 Å². The van der Waals surface area contributed by atoms with E-state index in [1.165, 1.54) is 0 Å². The predicted octanol–water partition coefficient (Wildman–Crippen LogP) is 0.759. The zero-order valence-electron chi connectivity index (χ0n) is 9.90.